The highest BCUT2D eigenvalue weighted by molar-refractivity contribution is 7.89. The lowest BCUT2D eigenvalue weighted by atomic mass is 10.2. The summed E-state index contributed by atoms with van der Waals surface area (Å²) in [5.74, 6) is -0.378. The van der Waals surface area contributed by atoms with E-state index in [1.165, 1.54) is 21.7 Å². The van der Waals surface area contributed by atoms with Crippen LogP contribution in [0.4, 0.5) is 5.13 Å². The molecule has 0 radical (unpaired) electrons. The molecule has 2 heterocycles. The van der Waals surface area contributed by atoms with Gasteiger partial charge in [-0.2, -0.15) is 4.31 Å². The van der Waals surface area contributed by atoms with Crippen molar-refractivity contribution in [3.05, 3.63) is 65.5 Å². The molecule has 1 aliphatic heterocycles. The smallest absolute Gasteiger partial charge is 0.257 e. The lowest BCUT2D eigenvalue weighted by molar-refractivity contribution is 0.102. The number of carbonyl (C=O) groups excluding carboxylic acids is 1. The largest absolute Gasteiger partial charge is 0.298 e. The minimum Gasteiger partial charge on any atom is -0.298 e. The molecule has 3 aromatic rings. The lowest BCUT2D eigenvalue weighted by Gasteiger charge is -2.20. The molecule has 1 fully saturated rings. The summed E-state index contributed by atoms with van der Waals surface area (Å²) >= 11 is 1.33. The normalized spacial score (nSPS) is 15.5. The Morgan fingerprint density at radius 1 is 0.967 bits per heavy atom. The molecule has 0 aliphatic carbocycles. The van der Waals surface area contributed by atoms with E-state index in [1.54, 1.807) is 18.2 Å². The van der Waals surface area contributed by atoms with Crippen LogP contribution in [0.25, 0.3) is 11.3 Å². The second-order valence-electron chi connectivity index (χ2n) is 7.20. The predicted molar refractivity (Wildman–Crippen MR) is 119 cm³/mol. The van der Waals surface area contributed by atoms with Crippen LogP contribution in [0.2, 0.25) is 0 Å². The van der Waals surface area contributed by atoms with E-state index < -0.39 is 10.0 Å². The van der Waals surface area contributed by atoms with Gasteiger partial charge < -0.3 is 0 Å². The highest BCUT2D eigenvalue weighted by Crippen LogP contribution is 2.26. The van der Waals surface area contributed by atoms with Crippen LogP contribution >= 0.6 is 11.3 Å². The first kappa shape index (κ1) is 20.7. The van der Waals surface area contributed by atoms with Gasteiger partial charge in [-0.15, -0.1) is 11.3 Å². The van der Waals surface area contributed by atoms with Gasteiger partial charge in [0.05, 0.1) is 10.6 Å². The molecule has 0 unspecified atom stereocenters. The molecule has 2 aromatic carbocycles. The standard InChI is InChI=1S/C22H23N3O3S2/c26-21(24-22-23-20(16-29-22)17-9-4-3-5-10-17)18-11-8-12-19(15-18)30(27,28)25-13-6-1-2-7-14-25/h3-5,8-12,15-16H,1-2,6-7,13-14H2,(H,23,24,26). The summed E-state index contributed by atoms with van der Waals surface area (Å²) in [5, 5.41) is 5.13. The van der Waals surface area contributed by atoms with Crippen molar-refractivity contribution >= 4 is 32.4 Å². The number of benzene rings is 2. The van der Waals surface area contributed by atoms with Crippen molar-refractivity contribution in [2.75, 3.05) is 18.4 Å². The first-order chi connectivity index (χ1) is 14.5. The Morgan fingerprint density at radius 2 is 1.70 bits per heavy atom. The van der Waals surface area contributed by atoms with Gasteiger partial charge in [0.1, 0.15) is 0 Å². The van der Waals surface area contributed by atoms with Crippen molar-refractivity contribution in [1.82, 2.24) is 9.29 Å². The molecule has 1 N–H and O–H groups in total. The molecule has 0 saturated carbocycles. The summed E-state index contributed by atoms with van der Waals surface area (Å²) in [6, 6.07) is 15.9. The molecule has 1 saturated heterocycles. The zero-order valence-electron chi connectivity index (χ0n) is 16.5. The third-order valence-electron chi connectivity index (χ3n) is 5.09. The molecule has 1 aromatic heterocycles. The fourth-order valence-corrected chi connectivity index (χ4v) is 5.75. The predicted octanol–water partition coefficient (Wildman–Crippen LogP) is 4.63. The number of nitrogens with zero attached hydrogens (tertiary/aromatic N) is 2. The van der Waals surface area contributed by atoms with Crippen molar-refractivity contribution in [2.24, 2.45) is 0 Å². The summed E-state index contributed by atoms with van der Waals surface area (Å²) in [4.78, 5) is 17.3. The summed E-state index contributed by atoms with van der Waals surface area (Å²) < 4.78 is 27.6. The highest BCUT2D eigenvalue weighted by Gasteiger charge is 2.26. The second-order valence-corrected chi connectivity index (χ2v) is 10.0. The van der Waals surface area contributed by atoms with Crippen molar-refractivity contribution in [2.45, 2.75) is 30.6 Å². The van der Waals surface area contributed by atoms with Gasteiger partial charge in [-0.25, -0.2) is 13.4 Å². The number of sulfonamides is 1. The minimum absolute atomic E-state index is 0.154. The number of anilines is 1. The van der Waals surface area contributed by atoms with Crippen LogP contribution in [-0.4, -0.2) is 36.7 Å². The Hall–Kier alpha value is -2.55. The van der Waals surface area contributed by atoms with E-state index in [1.807, 2.05) is 35.7 Å². The number of carbonyl (C=O) groups is 1. The quantitative estimate of drug-likeness (QED) is 0.626. The van der Waals surface area contributed by atoms with Crippen LogP contribution in [-0.2, 0) is 10.0 Å². The number of hydrogen-bond donors (Lipinski definition) is 1. The molecular formula is C22H23N3O3S2. The first-order valence-electron chi connectivity index (χ1n) is 9.96. The van der Waals surface area contributed by atoms with Gasteiger partial charge in [0.25, 0.3) is 5.91 Å². The van der Waals surface area contributed by atoms with E-state index in [4.69, 9.17) is 0 Å². The maximum Gasteiger partial charge on any atom is 0.257 e. The van der Waals surface area contributed by atoms with E-state index >= 15 is 0 Å². The Balaban J connectivity index is 1.51. The van der Waals surface area contributed by atoms with Crippen LogP contribution in [0.1, 0.15) is 36.0 Å². The molecule has 156 valence electrons. The van der Waals surface area contributed by atoms with Gasteiger partial charge in [0.15, 0.2) is 5.13 Å². The number of hydrogen-bond acceptors (Lipinski definition) is 5. The number of thiazole rings is 1. The zero-order valence-corrected chi connectivity index (χ0v) is 18.1. The van der Waals surface area contributed by atoms with E-state index in [-0.39, 0.29) is 10.8 Å². The fraction of sp³-hybridized carbons (Fsp3) is 0.273. The molecule has 0 atom stereocenters. The van der Waals surface area contributed by atoms with Crippen molar-refractivity contribution in [3.63, 3.8) is 0 Å². The number of rotatable bonds is 5. The number of nitrogens with one attached hydrogen (secondary N) is 1. The monoisotopic (exact) mass is 441 g/mol. The van der Waals surface area contributed by atoms with Crippen molar-refractivity contribution in [3.8, 4) is 11.3 Å². The molecule has 8 heteroatoms. The second kappa shape index (κ2) is 9.07. The average Bonchev–Trinajstić information content (AvgIpc) is 3.05. The van der Waals surface area contributed by atoms with Crippen LogP contribution in [0.3, 0.4) is 0 Å². The number of amides is 1. The summed E-state index contributed by atoms with van der Waals surface area (Å²) in [6.07, 6.45) is 3.83. The lowest BCUT2D eigenvalue weighted by Crippen LogP contribution is -2.32. The molecule has 6 nitrogen and oxygen atoms in total. The van der Waals surface area contributed by atoms with Gasteiger partial charge in [-0.05, 0) is 31.0 Å². The van der Waals surface area contributed by atoms with Gasteiger partial charge in [-0.3, -0.25) is 10.1 Å². The van der Waals surface area contributed by atoms with E-state index in [0.717, 1.165) is 36.9 Å². The first-order valence-corrected chi connectivity index (χ1v) is 12.3. The fourth-order valence-electron chi connectivity index (χ4n) is 3.47. The maximum absolute atomic E-state index is 13.0. The van der Waals surface area contributed by atoms with E-state index in [9.17, 15) is 13.2 Å². The van der Waals surface area contributed by atoms with Crippen LogP contribution < -0.4 is 5.32 Å². The minimum atomic E-state index is -3.61. The van der Waals surface area contributed by atoms with Gasteiger partial charge >= 0.3 is 0 Å². The summed E-state index contributed by atoms with van der Waals surface area (Å²) in [5.41, 5.74) is 2.05. The molecular weight excluding hydrogens is 418 g/mol. The molecule has 4 rings (SSSR count). The van der Waals surface area contributed by atoms with Gasteiger partial charge in [0, 0.05) is 29.6 Å². The van der Waals surface area contributed by atoms with E-state index in [2.05, 4.69) is 10.3 Å². The zero-order chi connectivity index (χ0) is 21.0. The summed E-state index contributed by atoms with van der Waals surface area (Å²) in [6.45, 7) is 1.06. The van der Waals surface area contributed by atoms with Crippen molar-refractivity contribution < 1.29 is 13.2 Å². The molecule has 1 amide bonds. The number of aromatic nitrogens is 1. The third kappa shape index (κ3) is 4.61. The van der Waals surface area contributed by atoms with Crippen LogP contribution in [0, 0.1) is 0 Å². The Morgan fingerprint density at radius 3 is 2.43 bits per heavy atom. The summed E-state index contributed by atoms with van der Waals surface area (Å²) in [7, 11) is -3.61. The highest BCUT2D eigenvalue weighted by atomic mass is 32.2. The average molecular weight is 442 g/mol. The van der Waals surface area contributed by atoms with Crippen LogP contribution in [0.5, 0.6) is 0 Å². The molecule has 30 heavy (non-hydrogen) atoms. The van der Waals surface area contributed by atoms with Gasteiger partial charge in [0.2, 0.25) is 10.0 Å². The van der Waals surface area contributed by atoms with Crippen LogP contribution in [0.15, 0.2) is 64.9 Å². The molecule has 0 spiro atoms. The Bertz CT molecular complexity index is 1120. The van der Waals surface area contributed by atoms with Gasteiger partial charge in [-0.1, -0.05) is 49.2 Å². The maximum atomic E-state index is 13.0. The molecule has 0 bridgehead atoms. The third-order valence-corrected chi connectivity index (χ3v) is 7.75. The SMILES string of the molecule is O=C(Nc1nc(-c2ccccc2)cs1)c1cccc(S(=O)(=O)N2CCCCCC2)c1. The Labute approximate surface area is 180 Å². The topological polar surface area (TPSA) is 79.4 Å². The van der Waals surface area contributed by atoms with E-state index in [0.29, 0.717) is 23.8 Å². The van der Waals surface area contributed by atoms with Crippen molar-refractivity contribution in [1.29, 1.82) is 0 Å². The Kier molecular flexibility index (Phi) is 6.26. The molecule has 1 aliphatic rings.